The summed E-state index contributed by atoms with van der Waals surface area (Å²) >= 11 is 0. The highest BCUT2D eigenvalue weighted by molar-refractivity contribution is 5.98. The van der Waals surface area contributed by atoms with Crippen molar-refractivity contribution < 1.29 is 19.1 Å². The van der Waals surface area contributed by atoms with Crippen LogP contribution in [0.2, 0.25) is 0 Å². The number of nitrogens with one attached hydrogen (secondary N) is 1. The molecule has 0 radical (unpaired) electrons. The van der Waals surface area contributed by atoms with Crippen LogP contribution in [0.4, 0.5) is 0 Å². The quantitative estimate of drug-likeness (QED) is 0.448. The van der Waals surface area contributed by atoms with Crippen LogP contribution in [0.3, 0.4) is 0 Å². The molecule has 6 nitrogen and oxygen atoms in total. The number of ether oxygens (including phenoxy) is 1. The molecule has 3 aliphatic rings. The maximum atomic E-state index is 12.6. The Hall–Kier alpha value is -2.63. The summed E-state index contributed by atoms with van der Waals surface area (Å²) in [5.41, 5.74) is 2.18. The molecule has 1 saturated carbocycles. The third-order valence-corrected chi connectivity index (χ3v) is 7.73. The summed E-state index contributed by atoms with van der Waals surface area (Å²) < 4.78 is 5.12. The second kappa shape index (κ2) is 10.5. The highest BCUT2D eigenvalue weighted by Gasteiger charge is 2.58. The third kappa shape index (κ3) is 5.84. The predicted octanol–water partition coefficient (Wildman–Crippen LogP) is 4.29. The first kappa shape index (κ1) is 23.5. The number of piperidine rings is 1. The number of carbonyl (C=O) groups is 3. The van der Waals surface area contributed by atoms with Crippen LogP contribution >= 0.6 is 0 Å². The van der Waals surface area contributed by atoms with E-state index in [0.717, 1.165) is 32.2 Å². The van der Waals surface area contributed by atoms with Crippen LogP contribution in [0.5, 0.6) is 5.75 Å². The van der Waals surface area contributed by atoms with Crippen LogP contribution in [-0.4, -0.2) is 49.2 Å². The average Bonchev–Trinajstić information content (AvgIpc) is 3.56. The fourth-order valence-corrected chi connectivity index (χ4v) is 5.37. The fraction of sp³-hybridized carbons (Fsp3) is 0.593. The lowest BCUT2D eigenvalue weighted by atomic mass is 9.90. The summed E-state index contributed by atoms with van der Waals surface area (Å²) in [7, 11) is 1.59. The number of ketones is 1. The van der Waals surface area contributed by atoms with Crippen molar-refractivity contribution in [3.8, 4) is 5.75 Å². The number of Topliss-reactive ketones (excluding diaryl/α,β-unsaturated/α-hetero) is 1. The molecular formula is C27H36N2O4. The van der Waals surface area contributed by atoms with E-state index in [4.69, 9.17) is 4.74 Å². The van der Waals surface area contributed by atoms with Crippen molar-refractivity contribution in [1.29, 1.82) is 0 Å². The summed E-state index contributed by atoms with van der Waals surface area (Å²) in [6.07, 6.45) is 11.4. The van der Waals surface area contributed by atoms with Gasteiger partial charge in [-0.15, -0.1) is 0 Å². The van der Waals surface area contributed by atoms with Crippen molar-refractivity contribution in [2.75, 3.05) is 26.7 Å². The van der Waals surface area contributed by atoms with Crippen molar-refractivity contribution >= 4 is 17.6 Å². The molecule has 1 heterocycles. The van der Waals surface area contributed by atoms with Crippen molar-refractivity contribution in [3.05, 3.63) is 41.5 Å². The minimum atomic E-state index is -0.0256. The number of hydrogen-bond donors (Lipinski definition) is 1. The van der Waals surface area contributed by atoms with Gasteiger partial charge < -0.3 is 15.0 Å². The summed E-state index contributed by atoms with van der Waals surface area (Å²) in [6, 6.07) is 6.99. The zero-order valence-corrected chi connectivity index (χ0v) is 19.7. The Morgan fingerprint density at radius 3 is 2.52 bits per heavy atom. The lowest BCUT2D eigenvalue weighted by molar-refractivity contribution is -0.132. The van der Waals surface area contributed by atoms with Crippen LogP contribution in [-0.2, 0) is 9.59 Å². The van der Waals surface area contributed by atoms with Gasteiger partial charge in [-0.1, -0.05) is 11.6 Å². The number of carbonyl (C=O) groups excluding carboxylic acids is 3. The molecule has 178 valence electrons. The third-order valence-electron chi connectivity index (χ3n) is 7.73. The molecule has 1 unspecified atom stereocenters. The number of likely N-dealkylation sites (tertiary alicyclic amines) is 1. The molecule has 0 aromatic heterocycles. The zero-order chi connectivity index (χ0) is 23.3. The molecule has 1 atom stereocenters. The molecule has 1 N–H and O–H groups in total. The zero-order valence-electron chi connectivity index (χ0n) is 19.7. The number of nitrogens with zero attached hydrogens (tertiary/aromatic N) is 1. The van der Waals surface area contributed by atoms with Gasteiger partial charge in [0.15, 0.2) is 5.78 Å². The number of allylic oxidation sites excluding steroid dienone is 1. The normalized spacial score (nSPS) is 21.3. The summed E-state index contributed by atoms with van der Waals surface area (Å²) in [4.78, 5) is 39.5. The molecule has 1 aromatic rings. The molecular weight excluding hydrogens is 416 g/mol. The Morgan fingerprint density at radius 2 is 1.85 bits per heavy atom. The van der Waals surface area contributed by atoms with Crippen molar-refractivity contribution in [1.82, 2.24) is 10.2 Å². The van der Waals surface area contributed by atoms with E-state index in [1.807, 2.05) is 4.90 Å². The monoisotopic (exact) mass is 452 g/mol. The predicted molar refractivity (Wildman–Crippen MR) is 127 cm³/mol. The van der Waals surface area contributed by atoms with Gasteiger partial charge in [-0.05, 0) is 81.0 Å². The highest BCUT2D eigenvalue weighted by Crippen LogP contribution is 2.59. The average molecular weight is 453 g/mol. The molecule has 1 aliphatic heterocycles. The minimum absolute atomic E-state index is 0.0256. The Bertz CT molecular complexity index is 897. The van der Waals surface area contributed by atoms with Crippen LogP contribution in [0.25, 0.3) is 0 Å². The Balaban J connectivity index is 1.15. The van der Waals surface area contributed by atoms with Crippen LogP contribution in [0.15, 0.2) is 35.9 Å². The molecule has 6 heteroatoms. The number of benzene rings is 1. The number of rotatable bonds is 9. The maximum Gasteiger partial charge on any atom is 0.223 e. The molecule has 0 bridgehead atoms. The van der Waals surface area contributed by atoms with Crippen LogP contribution < -0.4 is 10.1 Å². The number of methoxy groups -OCH3 is 1. The van der Waals surface area contributed by atoms with Gasteiger partial charge in [0.1, 0.15) is 5.75 Å². The molecule has 2 aliphatic carbocycles. The lowest BCUT2D eigenvalue weighted by Crippen LogP contribution is -2.40. The first-order valence-corrected chi connectivity index (χ1v) is 12.4. The van der Waals surface area contributed by atoms with Gasteiger partial charge in [0.05, 0.1) is 7.11 Å². The van der Waals surface area contributed by atoms with Gasteiger partial charge in [-0.25, -0.2) is 0 Å². The number of amides is 2. The van der Waals surface area contributed by atoms with E-state index in [1.165, 1.54) is 31.3 Å². The smallest absolute Gasteiger partial charge is 0.223 e. The van der Waals surface area contributed by atoms with Gasteiger partial charge in [0.25, 0.3) is 0 Å². The van der Waals surface area contributed by atoms with Crippen molar-refractivity contribution in [2.24, 2.45) is 11.3 Å². The second-order valence-corrected chi connectivity index (χ2v) is 9.80. The molecule has 2 amide bonds. The van der Waals surface area contributed by atoms with E-state index < -0.39 is 0 Å². The second-order valence-electron chi connectivity index (χ2n) is 9.80. The van der Waals surface area contributed by atoms with Crippen molar-refractivity contribution in [3.63, 3.8) is 0 Å². The maximum absolute atomic E-state index is 12.6. The molecule has 33 heavy (non-hydrogen) atoms. The fourth-order valence-electron chi connectivity index (χ4n) is 5.37. The molecule has 2 fully saturated rings. The van der Waals surface area contributed by atoms with Gasteiger partial charge in [0.2, 0.25) is 11.8 Å². The topological polar surface area (TPSA) is 75.7 Å². The first-order valence-electron chi connectivity index (χ1n) is 12.4. The van der Waals surface area contributed by atoms with Gasteiger partial charge in [-0.2, -0.15) is 0 Å². The molecule has 1 saturated heterocycles. The Kier molecular flexibility index (Phi) is 7.51. The van der Waals surface area contributed by atoms with Gasteiger partial charge in [0, 0.05) is 44.0 Å². The number of hydrogen-bond acceptors (Lipinski definition) is 4. The first-order chi connectivity index (χ1) is 16.0. The van der Waals surface area contributed by atoms with E-state index >= 15 is 0 Å². The molecule has 1 spiro atoms. The van der Waals surface area contributed by atoms with E-state index in [9.17, 15) is 14.4 Å². The summed E-state index contributed by atoms with van der Waals surface area (Å²) in [5, 5.41) is 3.15. The molecule has 4 rings (SSSR count). The standard InChI is InChI=1S/C27H36N2O4/c1-33-22-9-7-21(8-10-22)24(30)11-12-25(31)29-17-14-27(15-18-29)19-23(27)26(32)28-16-13-20-5-3-2-4-6-20/h5,7-10,23H,2-4,6,11-19H2,1H3,(H,28,32). The largest absolute Gasteiger partial charge is 0.497 e. The van der Waals surface area contributed by atoms with Crippen LogP contribution in [0, 0.1) is 11.3 Å². The Labute approximate surface area is 196 Å². The van der Waals surface area contributed by atoms with E-state index in [1.54, 1.807) is 31.4 Å². The van der Waals surface area contributed by atoms with E-state index in [-0.39, 0.29) is 41.8 Å². The molecule has 1 aromatic carbocycles. The minimum Gasteiger partial charge on any atom is -0.497 e. The Morgan fingerprint density at radius 1 is 1.09 bits per heavy atom. The lowest BCUT2D eigenvalue weighted by Gasteiger charge is -2.33. The van der Waals surface area contributed by atoms with E-state index in [0.29, 0.717) is 24.4 Å². The van der Waals surface area contributed by atoms with Gasteiger partial charge in [-0.3, -0.25) is 14.4 Å². The SMILES string of the molecule is COc1ccc(C(=O)CCC(=O)N2CCC3(CC2)CC3C(=O)NCCC2=CCCCC2)cc1. The van der Waals surface area contributed by atoms with E-state index in [2.05, 4.69) is 11.4 Å². The van der Waals surface area contributed by atoms with Crippen LogP contribution in [0.1, 0.15) is 74.6 Å². The van der Waals surface area contributed by atoms with Gasteiger partial charge >= 0.3 is 0 Å². The highest BCUT2D eigenvalue weighted by atomic mass is 16.5. The summed E-state index contributed by atoms with van der Waals surface area (Å²) in [5.74, 6) is 1.01. The van der Waals surface area contributed by atoms with Crippen molar-refractivity contribution in [2.45, 2.75) is 64.2 Å². The summed E-state index contributed by atoms with van der Waals surface area (Å²) in [6.45, 7) is 2.11.